The van der Waals surface area contributed by atoms with Gasteiger partial charge in [0.05, 0.1) is 18.8 Å². The Kier molecular flexibility index (Phi) is 5.26. The van der Waals surface area contributed by atoms with Gasteiger partial charge in [-0.3, -0.25) is 4.79 Å². The van der Waals surface area contributed by atoms with E-state index in [-0.39, 0.29) is 18.0 Å². The molecule has 2 heterocycles. The largest absolute Gasteiger partial charge is 0.491 e. The number of carbonyl (C=O) groups is 1. The van der Waals surface area contributed by atoms with Crippen LogP contribution in [0.25, 0.3) is 0 Å². The van der Waals surface area contributed by atoms with Crippen LogP contribution in [0.3, 0.4) is 0 Å². The molecule has 4 rings (SSSR count). The second-order valence-electron chi connectivity index (χ2n) is 7.67. The summed E-state index contributed by atoms with van der Waals surface area (Å²) in [4.78, 5) is 22.6. The zero-order chi connectivity index (χ0) is 20.6. The minimum atomic E-state index is -3.27. The molecule has 1 aromatic heterocycles. The molecule has 1 saturated carbocycles. The maximum absolute atomic E-state index is 13.0. The Morgan fingerprint density at radius 1 is 1.31 bits per heavy atom. The summed E-state index contributed by atoms with van der Waals surface area (Å²) in [7, 11) is -3.27. The van der Waals surface area contributed by atoms with Crippen molar-refractivity contribution in [2.24, 2.45) is 0 Å². The lowest BCUT2D eigenvalue weighted by atomic mass is 10.1. The fourth-order valence-electron chi connectivity index (χ4n) is 3.53. The van der Waals surface area contributed by atoms with Crippen LogP contribution in [0.15, 0.2) is 36.8 Å². The third kappa shape index (κ3) is 4.40. The Labute approximate surface area is 170 Å². The average molecular weight is 417 g/mol. The van der Waals surface area contributed by atoms with Crippen molar-refractivity contribution in [2.75, 3.05) is 12.9 Å². The Morgan fingerprint density at radius 2 is 2.10 bits per heavy atom. The van der Waals surface area contributed by atoms with Crippen LogP contribution in [0.5, 0.6) is 5.75 Å². The number of hydrogen-bond donors (Lipinski definition) is 0. The van der Waals surface area contributed by atoms with Crippen LogP contribution in [-0.4, -0.2) is 58.4 Å². The van der Waals surface area contributed by atoms with Crippen molar-refractivity contribution in [1.29, 1.82) is 0 Å². The third-order valence-electron chi connectivity index (χ3n) is 5.26. The highest BCUT2D eigenvalue weighted by Crippen LogP contribution is 2.32. The SMILES string of the molecule is C[C@H]1COc2ccc(CN(C3CC3)S(C)(=O)=O)cc2CN1C(=O)c1ccncn1. The quantitative estimate of drug-likeness (QED) is 0.738. The molecule has 29 heavy (non-hydrogen) atoms. The lowest BCUT2D eigenvalue weighted by molar-refractivity contribution is 0.0639. The van der Waals surface area contributed by atoms with Crippen molar-refractivity contribution in [3.63, 3.8) is 0 Å². The summed E-state index contributed by atoms with van der Waals surface area (Å²) >= 11 is 0. The van der Waals surface area contributed by atoms with Gasteiger partial charge in [0.2, 0.25) is 10.0 Å². The number of ether oxygens (including phenoxy) is 1. The Bertz CT molecular complexity index is 1010. The van der Waals surface area contributed by atoms with Crippen LogP contribution in [0.4, 0.5) is 0 Å². The first-order valence-corrected chi connectivity index (χ1v) is 11.5. The van der Waals surface area contributed by atoms with Gasteiger partial charge < -0.3 is 9.64 Å². The second-order valence-corrected chi connectivity index (χ2v) is 9.60. The van der Waals surface area contributed by atoms with Crippen LogP contribution in [0, 0.1) is 0 Å². The summed E-state index contributed by atoms with van der Waals surface area (Å²) in [6, 6.07) is 7.25. The molecule has 0 N–H and O–H groups in total. The molecule has 1 fully saturated rings. The van der Waals surface area contributed by atoms with Crippen molar-refractivity contribution >= 4 is 15.9 Å². The summed E-state index contributed by atoms with van der Waals surface area (Å²) in [5.41, 5.74) is 2.08. The number of nitrogens with zero attached hydrogens (tertiary/aromatic N) is 4. The fourth-order valence-corrected chi connectivity index (χ4v) is 4.67. The minimum Gasteiger partial charge on any atom is -0.491 e. The van der Waals surface area contributed by atoms with Crippen LogP contribution in [0.1, 0.15) is 41.4 Å². The lowest BCUT2D eigenvalue weighted by Gasteiger charge is -2.26. The molecule has 8 nitrogen and oxygen atoms in total. The van der Waals surface area contributed by atoms with Crippen molar-refractivity contribution < 1.29 is 17.9 Å². The Morgan fingerprint density at radius 3 is 2.76 bits per heavy atom. The zero-order valence-corrected chi connectivity index (χ0v) is 17.3. The molecule has 9 heteroatoms. The van der Waals surface area contributed by atoms with Crippen LogP contribution in [-0.2, 0) is 23.1 Å². The summed E-state index contributed by atoms with van der Waals surface area (Å²) in [5, 5.41) is 0. The number of benzene rings is 1. The molecular formula is C20H24N4O4S. The van der Waals surface area contributed by atoms with E-state index in [1.165, 1.54) is 12.6 Å². The summed E-state index contributed by atoms with van der Waals surface area (Å²) in [6.45, 7) is 3.01. The Balaban J connectivity index is 1.59. The van der Waals surface area contributed by atoms with Gasteiger partial charge in [-0.25, -0.2) is 18.4 Å². The molecule has 2 aromatic rings. The highest BCUT2D eigenvalue weighted by molar-refractivity contribution is 7.88. The van der Waals surface area contributed by atoms with E-state index in [0.29, 0.717) is 25.4 Å². The number of carbonyl (C=O) groups excluding carboxylic acids is 1. The topological polar surface area (TPSA) is 92.7 Å². The van der Waals surface area contributed by atoms with Gasteiger partial charge in [0.25, 0.3) is 5.91 Å². The molecule has 1 atom stereocenters. The van der Waals surface area contributed by atoms with E-state index in [2.05, 4.69) is 9.97 Å². The molecule has 1 aromatic carbocycles. The van der Waals surface area contributed by atoms with Gasteiger partial charge in [-0.15, -0.1) is 0 Å². The number of fused-ring (bicyclic) bond motifs is 1. The number of aromatic nitrogens is 2. The molecule has 1 amide bonds. The van der Waals surface area contributed by atoms with Crippen molar-refractivity contribution in [3.8, 4) is 5.75 Å². The van der Waals surface area contributed by atoms with Crippen molar-refractivity contribution in [1.82, 2.24) is 19.2 Å². The van der Waals surface area contributed by atoms with Gasteiger partial charge in [-0.1, -0.05) is 6.07 Å². The normalized spacial score (nSPS) is 19.4. The van der Waals surface area contributed by atoms with Gasteiger partial charge in [0, 0.05) is 24.3 Å². The molecule has 2 aliphatic rings. The molecule has 0 spiro atoms. The van der Waals surface area contributed by atoms with E-state index < -0.39 is 10.0 Å². The smallest absolute Gasteiger partial charge is 0.273 e. The molecule has 154 valence electrons. The third-order valence-corrected chi connectivity index (χ3v) is 6.54. The average Bonchev–Trinajstić information content (AvgIpc) is 3.54. The molecular weight excluding hydrogens is 392 g/mol. The maximum Gasteiger partial charge on any atom is 0.273 e. The van der Waals surface area contributed by atoms with Crippen molar-refractivity contribution in [2.45, 2.75) is 44.9 Å². The highest BCUT2D eigenvalue weighted by atomic mass is 32.2. The first-order chi connectivity index (χ1) is 13.8. The summed E-state index contributed by atoms with van der Waals surface area (Å²) in [6.07, 6.45) is 5.96. The van der Waals surface area contributed by atoms with E-state index in [1.54, 1.807) is 21.5 Å². The lowest BCUT2D eigenvalue weighted by Crippen LogP contribution is -2.40. The number of amides is 1. The van der Waals surface area contributed by atoms with E-state index >= 15 is 0 Å². The second kappa shape index (κ2) is 7.72. The summed E-state index contributed by atoms with van der Waals surface area (Å²) < 4.78 is 31.7. The summed E-state index contributed by atoms with van der Waals surface area (Å²) in [5.74, 6) is 0.536. The number of sulfonamides is 1. The maximum atomic E-state index is 13.0. The predicted octanol–water partition coefficient (Wildman–Crippen LogP) is 1.82. The van der Waals surface area contributed by atoms with Crippen LogP contribution < -0.4 is 4.74 Å². The van der Waals surface area contributed by atoms with Crippen LogP contribution >= 0.6 is 0 Å². The minimum absolute atomic E-state index is 0.0934. The Hall–Kier alpha value is -2.52. The molecule has 1 aliphatic carbocycles. The van der Waals surface area contributed by atoms with Gasteiger partial charge in [0.1, 0.15) is 24.4 Å². The van der Waals surface area contributed by atoms with E-state index in [4.69, 9.17) is 4.74 Å². The zero-order valence-electron chi connectivity index (χ0n) is 16.5. The van der Waals surface area contributed by atoms with Gasteiger partial charge in [0.15, 0.2) is 0 Å². The predicted molar refractivity (Wildman–Crippen MR) is 107 cm³/mol. The van der Waals surface area contributed by atoms with E-state index in [9.17, 15) is 13.2 Å². The molecule has 0 saturated heterocycles. The van der Waals surface area contributed by atoms with Gasteiger partial charge >= 0.3 is 0 Å². The first kappa shape index (κ1) is 19.8. The van der Waals surface area contributed by atoms with Crippen molar-refractivity contribution in [3.05, 3.63) is 53.6 Å². The van der Waals surface area contributed by atoms with Gasteiger partial charge in [-0.2, -0.15) is 4.31 Å². The monoisotopic (exact) mass is 416 g/mol. The first-order valence-electron chi connectivity index (χ1n) is 9.61. The van der Waals surface area contributed by atoms with E-state index in [0.717, 1.165) is 29.7 Å². The fraction of sp³-hybridized carbons (Fsp3) is 0.450. The molecule has 1 aliphatic heterocycles. The highest BCUT2D eigenvalue weighted by Gasteiger charge is 2.35. The molecule has 0 unspecified atom stereocenters. The van der Waals surface area contributed by atoms with E-state index in [1.807, 2.05) is 25.1 Å². The standard InChI is InChI=1S/C20H24N4O4S/c1-14-12-28-19-6-3-15(10-24(17-4-5-17)29(2,26)27)9-16(19)11-23(14)20(25)18-7-8-21-13-22-18/h3,6-9,13-14,17H,4-5,10-12H2,1-2H3/t14-/m0/s1. The molecule has 0 bridgehead atoms. The van der Waals surface area contributed by atoms with Gasteiger partial charge in [-0.05, 0) is 43.5 Å². The number of hydrogen-bond acceptors (Lipinski definition) is 6. The molecule has 0 radical (unpaired) electrons. The van der Waals surface area contributed by atoms with Crippen LogP contribution in [0.2, 0.25) is 0 Å². The number of rotatable bonds is 5.